The summed E-state index contributed by atoms with van der Waals surface area (Å²) < 4.78 is 16.3. The topological polar surface area (TPSA) is 123 Å². The Bertz CT molecular complexity index is 524. The van der Waals surface area contributed by atoms with Crippen molar-refractivity contribution in [2.24, 2.45) is 0 Å². The van der Waals surface area contributed by atoms with Gasteiger partial charge in [0.2, 0.25) is 11.8 Å². The fourth-order valence-electron chi connectivity index (χ4n) is 3.20. The van der Waals surface area contributed by atoms with Crippen molar-refractivity contribution >= 4 is 30.4 Å². The molecule has 35 heavy (non-hydrogen) atoms. The Morgan fingerprint density at radius 2 is 0.971 bits per heavy atom. The van der Waals surface area contributed by atoms with E-state index < -0.39 is 5.97 Å². The first-order chi connectivity index (χ1) is 17.1. The maximum atomic E-state index is 11.8. The van der Waals surface area contributed by atoms with Crippen LogP contribution in [0.3, 0.4) is 0 Å². The van der Waals surface area contributed by atoms with Crippen LogP contribution in [0.15, 0.2) is 0 Å². The van der Waals surface area contributed by atoms with E-state index in [2.05, 4.69) is 23.3 Å². The minimum absolute atomic E-state index is 0.00132. The van der Waals surface area contributed by atoms with Crippen molar-refractivity contribution in [1.29, 1.82) is 0 Å². The molecular formula is C25H48N2O7S. The number of carboxylic acids is 1. The number of nitrogens with one attached hydrogen (secondary N) is 2. The predicted molar refractivity (Wildman–Crippen MR) is 140 cm³/mol. The molecule has 0 saturated carbocycles. The molecule has 9 nitrogen and oxygen atoms in total. The summed E-state index contributed by atoms with van der Waals surface area (Å²) >= 11 is 4.22. The van der Waals surface area contributed by atoms with Crippen LogP contribution in [0.5, 0.6) is 0 Å². The van der Waals surface area contributed by atoms with Gasteiger partial charge in [0.1, 0.15) is 0 Å². The van der Waals surface area contributed by atoms with Crippen LogP contribution < -0.4 is 10.6 Å². The second-order valence-corrected chi connectivity index (χ2v) is 8.89. The van der Waals surface area contributed by atoms with Crippen LogP contribution in [0, 0.1) is 0 Å². The Labute approximate surface area is 216 Å². The monoisotopic (exact) mass is 520 g/mol. The fourth-order valence-corrected chi connectivity index (χ4v) is 3.42. The van der Waals surface area contributed by atoms with E-state index in [1.807, 2.05) is 0 Å². The highest BCUT2D eigenvalue weighted by Gasteiger charge is 2.04. The zero-order chi connectivity index (χ0) is 25.8. The maximum Gasteiger partial charge on any atom is 0.303 e. The molecule has 0 aromatic heterocycles. The predicted octanol–water partition coefficient (Wildman–Crippen LogP) is 3.35. The van der Waals surface area contributed by atoms with Crippen molar-refractivity contribution in [3.05, 3.63) is 0 Å². The van der Waals surface area contributed by atoms with Crippen LogP contribution in [-0.4, -0.2) is 81.4 Å². The molecule has 0 aliphatic carbocycles. The normalized spacial score (nSPS) is 10.9. The highest BCUT2D eigenvalue weighted by Crippen LogP contribution is 2.09. The number of carbonyl (C=O) groups is 3. The van der Waals surface area contributed by atoms with E-state index in [9.17, 15) is 14.4 Å². The van der Waals surface area contributed by atoms with Gasteiger partial charge in [-0.25, -0.2) is 0 Å². The van der Waals surface area contributed by atoms with Gasteiger partial charge in [0.15, 0.2) is 0 Å². The lowest BCUT2D eigenvalue weighted by atomic mass is 10.1. The lowest BCUT2D eigenvalue weighted by molar-refractivity contribution is -0.138. The van der Waals surface area contributed by atoms with Crippen LogP contribution in [0.25, 0.3) is 0 Å². The van der Waals surface area contributed by atoms with Gasteiger partial charge in [0, 0.05) is 39.1 Å². The molecule has 2 amide bonds. The summed E-state index contributed by atoms with van der Waals surface area (Å²) in [4.78, 5) is 33.5. The molecule has 0 bridgehead atoms. The first-order valence-corrected chi connectivity index (χ1v) is 13.8. The molecule has 0 spiro atoms. The largest absolute Gasteiger partial charge is 0.481 e. The van der Waals surface area contributed by atoms with Crippen molar-refractivity contribution in [2.75, 3.05) is 58.5 Å². The van der Waals surface area contributed by atoms with Crippen molar-refractivity contribution in [1.82, 2.24) is 10.6 Å². The number of carboxylic acid groups (broad SMARTS) is 1. The van der Waals surface area contributed by atoms with Gasteiger partial charge in [0.05, 0.1) is 32.8 Å². The smallest absolute Gasteiger partial charge is 0.303 e. The average molecular weight is 521 g/mol. The molecule has 0 aliphatic heterocycles. The highest BCUT2D eigenvalue weighted by atomic mass is 32.1. The van der Waals surface area contributed by atoms with Crippen molar-refractivity contribution in [3.63, 3.8) is 0 Å². The summed E-state index contributed by atoms with van der Waals surface area (Å²) in [5.41, 5.74) is 0. The molecular weight excluding hydrogens is 472 g/mol. The summed E-state index contributed by atoms with van der Waals surface area (Å²) in [7, 11) is 0. The Morgan fingerprint density at radius 1 is 0.543 bits per heavy atom. The van der Waals surface area contributed by atoms with Gasteiger partial charge in [-0.1, -0.05) is 38.5 Å². The minimum Gasteiger partial charge on any atom is -0.481 e. The molecule has 0 fully saturated rings. The molecule has 3 N–H and O–H groups in total. The summed E-state index contributed by atoms with van der Waals surface area (Å²) in [6.45, 7) is 4.13. The third-order valence-corrected chi connectivity index (χ3v) is 5.51. The average Bonchev–Trinajstić information content (AvgIpc) is 2.84. The summed E-state index contributed by atoms with van der Waals surface area (Å²) in [6, 6.07) is 0. The van der Waals surface area contributed by atoms with E-state index in [1.165, 1.54) is 38.5 Å². The number of unbranched alkanes of at least 4 members (excludes halogenated alkanes) is 7. The minimum atomic E-state index is -0.976. The Kier molecular flexibility index (Phi) is 26.2. The number of rotatable bonds is 27. The first-order valence-electron chi connectivity index (χ1n) is 13.2. The van der Waals surface area contributed by atoms with Gasteiger partial charge in [-0.05, 0) is 31.4 Å². The SMILES string of the molecule is O=C(O)CCC(=O)NCCCOCCOCCOCCCNC(=O)CCCCCCCCCCS. The molecule has 0 unspecified atom stereocenters. The first kappa shape index (κ1) is 33.6. The number of carbonyl (C=O) groups excluding carboxylic acids is 2. The summed E-state index contributed by atoms with van der Waals surface area (Å²) in [5.74, 6) is -0.121. The maximum absolute atomic E-state index is 11.8. The standard InChI is InChI=1S/C25H48N2O7S/c28-23(11-7-5-3-1-2-4-6-8-22-35)26-14-9-16-32-18-20-34-21-19-33-17-10-15-27-24(29)12-13-25(30)31/h35H,1-22H2,(H,26,28)(H,27,29)(H,30,31). The second-order valence-electron chi connectivity index (χ2n) is 8.44. The molecule has 0 radical (unpaired) electrons. The third-order valence-electron chi connectivity index (χ3n) is 5.20. The lowest BCUT2D eigenvalue weighted by Gasteiger charge is -2.08. The van der Waals surface area contributed by atoms with Crippen LogP contribution in [0.4, 0.5) is 0 Å². The fraction of sp³-hybridized carbons (Fsp3) is 0.880. The Morgan fingerprint density at radius 3 is 1.46 bits per heavy atom. The van der Waals surface area contributed by atoms with Gasteiger partial charge in [-0.15, -0.1) is 0 Å². The molecule has 10 heteroatoms. The zero-order valence-corrected chi connectivity index (χ0v) is 22.3. The number of ether oxygens (including phenoxy) is 3. The van der Waals surface area contributed by atoms with Crippen LogP contribution >= 0.6 is 12.6 Å². The van der Waals surface area contributed by atoms with Crippen molar-refractivity contribution in [2.45, 2.75) is 83.5 Å². The van der Waals surface area contributed by atoms with E-state index in [4.69, 9.17) is 19.3 Å². The van der Waals surface area contributed by atoms with Crippen LogP contribution in [0.2, 0.25) is 0 Å². The molecule has 206 valence electrons. The Hall–Kier alpha value is -1.36. The van der Waals surface area contributed by atoms with Gasteiger partial charge < -0.3 is 30.0 Å². The van der Waals surface area contributed by atoms with Crippen molar-refractivity contribution in [3.8, 4) is 0 Å². The van der Waals surface area contributed by atoms with Crippen molar-refractivity contribution < 1.29 is 33.7 Å². The van der Waals surface area contributed by atoms with E-state index in [1.54, 1.807) is 0 Å². The second kappa shape index (κ2) is 27.2. The molecule has 0 heterocycles. The molecule has 0 aromatic carbocycles. The van der Waals surface area contributed by atoms with Crippen LogP contribution in [-0.2, 0) is 28.6 Å². The van der Waals surface area contributed by atoms with E-state index in [0.717, 1.165) is 25.0 Å². The van der Waals surface area contributed by atoms with E-state index >= 15 is 0 Å². The summed E-state index contributed by atoms with van der Waals surface area (Å²) in [6.07, 6.45) is 11.6. The van der Waals surface area contributed by atoms with E-state index in [0.29, 0.717) is 65.6 Å². The number of aliphatic carboxylic acids is 1. The molecule has 0 aliphatic rings. The molecule has 0 saturated heterocycles. The number of thiol groups is 1. The van der Waals surface area contributed by atoms with Gasteiger partial charge in [-0.3, -0.25) is 14.4 Å². The van der Waals surface area contributed by atoms with Gasteiger partial charge in [-0.2, -0.15) is 12.6 Å². The van der Waals surface area contributed by atoms with Gasteiger partial charge in [0.25, 0.3) is 0 Å². The number of hydrogen-bond donors (Lipinski definition) is 4. The quantitative estimate of drug-likeness (QED) is 0.0967. The Balaban J connectivity index is 3.20. The number of hydrogen-bond acceptors (Lipinski definition) is 7. The summed E-state index contributed by atoms with van der Waals surface area (Å²) in [5, 5.41) is 14.1. The number of amides is 2. The highest BCUT2D eigenvalue weighted by molar-refractivity contribution is 7.80. The van der Waals surface area contributed by atoms with Gasteiger partial charge >= 0.3 is 5.97 Å². The van der Waals surface area contributed by atoms with E-state index in [-0.39, 0.29) is 24.7 Å². The third kappa shape index (κ3) is 28.8. The van der Waals surface area contributed by atoms with Crippen LogP contribution in [0.1, 0.15) is 83.5 Å². The molecule has 0 atom stereocenters. The molecule has 0 rings (SSSR count). The lowest BCUT2D eigenvalue weighted by Crippen LogP contribution is -2.25. The zero-order valence-electron chi connectivity index (χ0n) is 21.4. The molecule has 0 aromatic rings.